The average Bonchev–Trinajstić information content (AvgIpc) is 2.42. The van der Waals surface area contributed by atoms with E-state index in [1.54, 1.807) is 25.1 Å². The van der Waals surface area contributed by atoms with Crippen LogP contribution in [0.25, 0.3) is 0 Å². The molecule has 0 radical (unpaired) electrons. The number of hydrogen-bond donors (Lipinski definition) is 2. The zero-order valence-electron chi connectivity index (χ0n) is 11.0. The van der Waals surface area contributed by atoms with E-state index in [1.165, 1.54) is 7.11 Å². The first-order valence-corrected chi connectivity index (χ1v) is 5.77. The maximum absolute atomic E-state index is 11.4. The van der Waals surface area contributed by atoms with E-state index in [0.717, 1.165) is 0 Å². The molecule has 0 bridgehead atoms. The van der Waals surface area contributed by atoms with Crippen molar-refractivity contribution in [2.45, 2.75) is 13.0 Å². The summed E-state index contributed by atoms with van der Waals surface area (Å²) in [6.45, 7) is 1.60. The number of hydrogen-bond acceptors (Lipinski definition) is 4. The molecule has 19 heavy (non-hydrogen) atoms. The second-order valence-corrected chi connectivity index (χ2v) is 3.85. The zero-order chi connectivity index (χ0) is 14.3. The van der Waals surface area contributed by atoms with E-state index in [2.05, 4.69) is 11.2 Å². The van der Waals surface area contributed by atoms with Gasteiger partial charge in [-0.1, -0.05) is 5.92 Å². The topological polar surface area (TPSA) is 67.8 Å². The van der Waals surface area contributed by atoms with E-state index in [9.17, 15) is 9.90 Å². The van der Waals surface area contributed by atoms with Gasteiger partial charge in [-0.3, -0.25) is 4.79 Å². The first-order valence-electron chi connectivity index (χ1n) is 5.77. The van der Waals surface area contributed by atoms with Gasteiger partial charge in [0.2, 0.25) is 0 Å². The zero-order valence-corrected chi connectivity index (χ0v) is 11.0. The molecule has 0 aliphatic rings. The van der Waals surface area contributed by atoms with Gasteiger partial charge < -0.3 is 19.9 Å². The van der Waals surface area contributed by atoms with Crippen LogP contribution in [-0.4, -0.2) is 31.3 Å². The maximum atomic E-state index is 11.4. The summed E-state index contributed by atoms with van der Waals surface area (Å²) in [4.78, 5) is 11.4. The number of amides is 1. The maximum Gasteiger partial charge on any atom is 0.258 e. The number of aliphatic hydroxyl groups excluding tert-OH is 1. The van der Waals surface area contributed by atoms with Gasteiger partial charge in [0, 0.05) is 11.6 Å². The third-order valence-corrected chi connectivity index (χ3v) is 2.42. The SMILES string of the molecule is C#CCNC(=O)COc1cc(OC)ccc1[C@@H](C)O. The number of terminal acetylenes is 1. The molecule has 1 atom stereocenters. The van der Waals surface area contributed by atoms with Crippen LogP contribution in [-0.2, 0) is 4.79 Å². The molecular formula is C14H17NO4. The molecule has 102 valence electrons. The molecule has 0 aliphatic carbocycles. The lowest BCUT2D eigenvalue weighted by molar-refractivity contribution is -0.122. The van der Waals surface area contributed by atoms with Crippen molar-refractivity contribution in [1.82, 2.24) is 5.32 Å². The molecule has 2 N–H and O–H groups in total. The van der Waals surface area contributed by atoms with Gasteiger partial charge in [0.25, 0.3) is 5.91 Å². The number of ether oxygens (including phenoxy) is 2. The van der Waals surface area contributed by atoms with Gasteiger partial charge in [-0.25, -0.2) is 0 Å². The van der Waals surface area contributed by atoms with Crippen LogP contribution in [0, 0.1) is 12.3 Å². The van der Waals surface area contributed by atoms with Crippen molar-refractivity contribution in [1.29, 1.82) is 0 Å². The van der Waals surface area contributed by atoms with Crippen molar-refractivity contribution >= 4 is 5.91 Å². The van der Waals surface area contributed by atoms with Gasteiger partial charge in [0.15, 0.2) is 6.61 Å². The van der Waals surface area contributed by atoms with Crippen LogP contribution in [0.1, 0.15) is 18.6 Å². The van der Waals surface area contributed by atoms with Crippen LogP contribution < -0.4 is 14.8 Å². The highest BCUT2D eigenvalue weighted by Crippen LogP contribution is 2.29. The molecule has 0 fully saturated rings. The second-order valence-electron chi connectivity index (χ2n) is 3.85. The van der Waals surface area contributed by atoms with Crippen molar-refractivity contribution in [3.05, 3.63) is 23.8 Å². The minimum atomic E-state index is -0.699. The van der Waals surface area contributed by atoms with E-state index in [-0.39, 0.29) is 19.1 Å². The summed E-state index contributed by atoms with van der Waals surface area (Å²) < 4.78 is 10.5. The van der Waals surface area contributed by atoms with Crippen molar-refractivity contribution in [3.8, 4) is 23.8 Å². The van der Waals surface area contributed by atoms with Crippen molar-refractivity contribution < 1.29 is 19.4 Å². The number of carbonyl (C=O) groups excluding carboxylic acids is 1. The molecule has 0 spiro atoms. The monoisotopic (exact) mass is 263 g/mol. The highest BCUT2D eigenvalue weighted by atomic mass is 16.5. The molecule has 0 saturated carbocycles. The summed E-state index contributed by atoms with van der Waals surface area (Å²) in [6, 6.07) is 5.03. The summed E-state index contributed by atoms with van der Waals surface area (Å²) in [6.07, 6.45) is 4.33. The highest BCUT2D eigenvalue weighted by molar-refractivity contribution is 5.77. The number of rotatable bonds is 6. The summed E-state index contributed by atoms with van der Waals surface area (Å²) in [5.41, 5.74) is 0.588. The van der Waals surface area contributed by atoms with Gasteiger partial charge in [0.1, 0.15) is 11.5 Å². The Bertz CT molecular complexity index is 477. The molecule has 1 aromatic carbocycles. The largest absolute Gasteiger partial charge is 0.497 e. The fourth-order valence-corrected chi connectivity index (χ4v) is 1.46. The minimum Gasteiger partial charge on any atom is -0.497 e. The first kappa shape index (κ1) is 14.9. The molecule has 0 aliphatic heterocycles. The van der Waals surface area contributed by atoms with Gasteiger partial charge in [-0.2, -0.15) is 0 Å². The highest BCUT2D eigenvalue weighted by Gasteiger charge is 2.12. The van der Waals surface area contributed by atoms with E-state index in [4.69, 9.17) is 15.9 Å². The summed E-state index contributed by atoms with van der Waals surface area (Å²) in [5.74, 6) is 2.97. The lowest BCUT2D eigenvalue weighted by Crippen LogP contribution is -2.29. The number of aliphatic hydroxyl groups is 1. The van der Waals surface area contributed by atoms with Gasteiger partial charge >= 0.3 is 0 Å². The predicted molar refractivity (Wildman–Crippen MR) is 71.0 cm³/mol. The Labute approximate surface area is 112 Å². The van der Waals surface area contributed by atoms with Crippen LogP contribution in [0.4, 0.5) is 0 Å². The Kier molecular flexibility index (Phi) is 5.71. The van der Waals surface area contributed by atoms with E-state index >= 15 is 0 Å². The van der Waals surface area contributed by atoms with Gasteiger partial charge in [-0.15, -0.1) is 6.42 Å². The van der Waals surface area contributed by atoms with Crippen molar-refractivity contribution in [2.75, 3.05) is 20.3 Å². The molecular weight excluding hydrogens is 246 g/mol. The standard InChI is InChI=1S/C14H17NO4/c1-4-7-15-14(17)9-19-13-8-11(18-3)5-6-12(13)10(2)16/h1,5-6,8,10,16H,7,9H2,2-3H3,(H,15,17)/t10-/m1/s1. The van der Waals surface area contributed by atoms with Crippen LogP contribution in [0.5, 0.6) is 11.5 Å². The Hall–Kier alpha value is -2.19. The molecule has 0 saturated heterocycles. The summed E-state index contributed by atoms with van der Waals surface area (Å²) in [5, 5.41) is 12.1. The van der Waals surface area contributed by atoms with E-state index < -0.39 is 6.10 Å². The predicted octanol–water partition coefficient (Wildman–Crippen LogP) is 0.877. The quantitative estimate of drug-likeness (QED) is 0.748. The molecule has 0 heterocycles. The van der Waals surface area contributed by atoms with Crippen molar-refractivity contribution in [2.24, 2.45) is 0 Å². The molecule has 1 amide bonds. The molecule has 5 heteroatoms. The van der Waals surface area contributed by atoms with Crippen LogP contribution >= 0.6 is 0 Å². The Morgan fingerprint density at radius 3 is 2.89 bits per heavy atom. The number of nitrogens with one attached hydrogen (secondary N) is 1. The van der Waals surface area contributed by atoms with Crippen LogP contribution in [0.2, 0.25) is 0 Å². The average molecular weight is 263 g/mol. The summed E-state index contributed by atoms with van der Waals surface area (Å²) in [7, 11) is 1.53. The van der Waals surface area contributed by atoms with Crippen LogP contribution in [0.15, 0.2) is 18.2 Å². The second kappa shape index (κ2) is 7.29. The normalized spacial score (nSPS) is 11.3. The molecule has 5 nitrogen and oxygen atoms in total. The molecule has 1 aromatic rings. The van der Waals surface area contributed by atoms with E-state index in [1.807, 2.05) is 0 Å². The van der Waals surface area contributed by atoms with Crippen molar-refractivity contribution in [3.63, 3.8) is 0 Å². The fourth-order valence-electron chi connectivity index (χ4n) is 1.46. The Morgan fingerprint density at radius 2 is 2.32 bits per heavy atom. The van der Waals surface area contributed by atoms with Gasteiger partial charge in [-0.05, 0) is 19.1 Å². The fraction of sp³-hybridized carbons (Fsp3) is 0.357. The van der Waals surface area contributed by atoms with E-state index in [0.29, 0.717) is 17.1 Å². The van der Waals surface area contributed by atoms with Crippen LogP contribution in [0.3, 0.4) is 0 Å². The molecule has 0 unspecified atom stereocenters. The lowest BCUT2D eigenvalue weighted by atomic mass is 10.1. The van der Waals surface area contributed by atoms with Gasteiger partial charge in [0.05, 0.1) is 19.8 Å². The number of carbonyl (C=O) groups is 1. The summed E-state index contributed by atoms with van der Waals surface area (Å²) >= 11 is 0. The minimum absolute atomic E-state index is 0.156. The lowest BCUT2D eigenvalue weighted by Gasteiger charge is -2.14. The molecule has 0 aromatic heterocycles. The third-order valence-electron chi connectivity index (χ3n) is 2.42. The Balaban J connectivity index is 2.75. The first-order chi connectivity index (χ1) is 9.08. The Morgan fingerprint density at radius 1 is 1.58 bits per heavy atom. The third kappa shape index (κ3) is 4.53. The number of methoxy groups -OCH3 is 1. The number of benzene rings is 1. The molecule has 1 rings (SSSR count). The smallest absolute Gasteiger partial charge is 0.258 e.